The zero-order valence-corrected chi connectivity index (χ0v) is 8.38. The van der Waals surface area contributed by atoms with Gasteiger partial charge in [-0.1, -0.05) is 0 Å². The Morgan fingerprint density at radius 3 is 3.00 bits per heavy atom. The van der Waals surface area contributed by atoms with Gasteiger partial charge in [-0.3, -0.25) is 4.68 Å². The molecule has 1 N–H and O–H groups in total. The molecule has 0 bridgehead atoms. The van der Waals surface area contributed by atoms with Crippen molar-refractivity contribution >= 4 is 5.69 Å². The third-order valence-corrected chi connectivity index (χ3v) is 2.38. The molecule has 0 unspecified atom stereocenters. The van der Waals surface area contributed by atoms with Gasteiger partial charge in [-0.25, -0.2) is 4.39 Å². The van der Waals surface area contributed by atoms with E-state index < -0.39 is 5.67 Å². The Morgan fingerprint density at radius 1 is 1.71 bits per heavy atom. The number of rotatable bonds is 4. The first kappa shape index (κ1) is 9.30. The van der Waals surface area contributed by atoms with Crippen LogP contribution in [0.1, 0.15) is 12.8 Å². The van der Waals surface area contributed by atoms with Crippen LogP contribution in [-0.4, -0.2) is 29.1 Å². The molecule has 14 heavy (non-hydrogen) atoms. The van der Waals surface area contributed by atoms with Crippen molar-refractivity contribution in [3.63, 3.8) is 0 Å². The standard InChI is InChI=1S/C9H14FN3O/c1-13-5-7(8(12-13)14-2)11-6-9(10)3-4-9/h5,11H,3-4,6H2,1-2H3. The smallest absolute Gasteiger partial charge is 0.256 e. The zero-order chi connectivity index (χ0) is 10.2. The highest BCUT2D eigenvalue weighted by Gasteiger charge is 2.43. The van der Waals surface area contributed by atoms with Gasteiger partial charge >= 0.3 is 0 Å². The molecular weight excluding hydrogens is 185 g/mol. The molecule has 0 saturated heterocycles. The van der Waals surface area contributed by atoms with Crippen LogP contribution < -0.4 is 10.1 Å². The number of nitrogens with one attached hydrogen (secondary N) is 1. The SMILES string of the molecule is COc1nn(C)cc1NCC1(F)CC1. The molecule has 1 aliphatic carbocycles. The Bertz CT molecular complexity index is 333. The van der Waals surface area contributed by atoms with Crippen molar-refractivity contribution in [2.45, 2.75) is 18.5 Å². The monoisotopic (exact) mass is 199 g/mol. The van der Waals surface area contributed by atoms with Gasteiger partial charge in [0.05, 0.1) is 13.3 Å². The number of aromatic nitrogens is 2. The summed E-state index contributed by atoms with van der Waals surface area (Å²) < 4.78 is 20.0. The number of hydrogen-bond donors (Lipinski definition) is 1. The summed E-state index contributed by atoms with van der Waals surface area (Å²) in [6, 6.07) is 0. The minimum atomic E-state index is -0.999. The lowest BCUT2D eigenvalue weighted by Gasteiger charge is -2.07. The van der Waals surface area contributed by atoms with Crippen molar-refractivity contribution in [3.8, 4) is 5.88 Å². The first-order chi connectivity index (χ1) is 6.63. The van der Waals surface area contributed by atoms with Gasteiger partial charge < -0.3 is 10.1 Å². The van der Waals surface area contributed by atoms with E-state index in [1.165, 1.54) is 0 Å². The largest absolute Gasteiger partial charge is 0.478 e. The number of hydrogen-bond acceptors (Lipinski definition) is 3. The molecule has 1 aromatic heterocycles. The summed E-state index contributed by atoms with van der Waals surface area (Å²) in [4.78, 5) is 0. The molecule has 2 rings (SSSR count). The number of nitrogens with zero attached hydrogens (tertiary/aromatic N) is 2. The van der Waals surface area contributed by atoms with E-state index in [2.05, 4.69) is 10.4 Å². The van der Waals surface area contributed by atoms with Crippen LogP contribution >= 0.6 is 0 Å². The summed E-state index contributed by atoms with van der Waals surface area (Å²) in [5.41, 5.74) is -0.250. The van der Waals surface area contributed by atoms with Crippen molar-refractivity contribution < 1.29 is 9.13 Å². The fourth-order valence-corrected chi connectivity index (χ4v) is 1.31. The molecule has 0 radical (unpaired) electrons. The number of ether oxygens (including phenoxy) is 1. The lowest BCUT2D eigenvalue weighted by atomic mass is 10.3. The van der Waals surface area contributed by atoms with E-state index in [1.807, 2.05) is 0 Å². The molecule has 0 aliphatic heterocycles. The minimum Gasteiger partial charge on any atom is -0.478 e. The van der Waals surface area contributed by atoms with E-state index in [9.17, 15) is 4.39 Å². The van der Waals surface area contributed by atoms with Crippen LogP contribution in [0.5, 0.6) is 5.88 Å². The van der Waals surface area contributed by atoms with Crippen molar-refractivity contribution in [1.82, 2.24) is 9.78 Å². The van der Waals surface area contributed by atoms with Gasteiger partial charge in [-0.15, -0.1) is 5.10 Å². The van der Waals surface area contributed by atoms with E-state index in [0.29, 0.717) is 25.3 Å². The third kappa shape index (κ3) is 1.81. The van der Waals surface area contributed by atoms with Crippen molar-refractivity contribution in [3.05, 3.63) is 6.20 Å². The van der Waals surface area contributed by atoms with E-state index in [4.69, 9.17) is 4.74 Å². The predicted molar refractivity (Wildman–Crippen MR) is 51.3 cm³/mol. The summed E-state index contributed by atoms with van der Waals surface area (Å²) in [7, 11) is 3.35. The van der Waals surface area contributed by atoms with Crippen LogP contribution in [0, 0.1) is 0 Å². The van der Waals surface area contributed by atoms with Crippen LogP contribution in [0.2, 0.25) is 0 Å². The number of methoxy groups -OCH3 is 1. The van der Waals surface area contributed by atoms with Crippen LogP contribution in [0.25, 0.3) is 0 Å². The average molecular weight is 199 g/mol. The Hall–Kier alpha value is -1.26. The molecule has 1 aromatic rings. The van der Waals surface area contributed by atoms with Crippen LogP contribution in [-0.2, 0) is 7.05 Å². The highest BCUT2D eigenvalue weighted by Crippen LogP contribution is 2.40. The maximum absolute atomic E-state index is 13.3. The van der Waals surface area contributed by atoms with Crippen LogP contribution in [0.4, 0.5) is 10.1 Å². The van der Waals surface area contributed by atoms with Crippen LogP contribution in [0.3, 0.4) is 0 Å². The second-order valence-corrected chi connectivity index (χ2v) is 3.73. The van der Waals surface area contributed by atoms with Gasteiger partial charge in [0.2, 0.25) is 0 Å². The Balaban J connectivity index is 2.00. The lowest BCUT2D eigenvalue weighted by molar-refractivity contribution is 0.326. The second kappa shape index (κ2) is 3.15. The maximum Gasteiger partial charge on any atom is 0.256 e. The van der Waals surface area contributed by atoms with Gasteiger partial charge in [0.15, 0.2) is 0 Å². The molecule has 0 aromatic carbocycles. The Morgan fingerprint density at radius 2 is 2.43 bits per heavy atom. The Kier molecular flexibility index (Phi) is 2.09. The van der Waals surface area contributed by atoms with Gasteiger partial charge in [0, 0.05) is 13.6 Å². The Labute approximate surface area is 82.1 Å². The number of alkyl halides is 1. The quantitative estimate of drug-likeness (QED) is 0.795. The first-order valence-corrected chi connectivity index (χ1v) is 4.63. The van der Waals surface area contributed by atoms with Gasteiger partial charge in [0.25, 0.3) is 5.88 Å². The topological polar surface area (TPSA) is 39.1 Å². The molecule has 0 atom stereocenters. The minimum absolute atomic E-state index is 0.342. The van der Waals surface area contributed by atoms with Crippen molar-refractivity contribution in [2.75, 3.05) is 19.0 Å². The molecule has 4 nitrogen and oxygen atoms in total. The maximum atomic E-state index is 13.3. The second-order valence-electron chi connectivity index (χ2n) is 3.73. The van der Waals surface area contributed by atoms with E-state index in [-0.39, 0.29) is 0 Å². The molecule has 1 fully saturated rings. The number of aryl methyl sites for hydroxylation is 1. The van der Waals surface area contributed by atoms with Crippen molar-refractivity contribution in [2.24, 2.45) is 7.05 Å². The van der Waals surface area contributed by atoms with Crippen molar-refractivity contribution in [1.29, 1.82) is 0 Å². The van der Waals surface area contributed by atoms with Crippen LogP contribution in [0.15, 0.2) is 6.20 Å². The summed E-state index contributed by atoms with van der Waals surface area (Å²) in [5, 5.41) is 7.06. The molecule has 78 valence electrons. The van der Waals surface area contributed by atoms with Gasteiger partial charge in [0.1, 0.15) is 11.4 Å². The predicted octanol–water partition coefficient (Wildman–Crippen LogP) is 1.34. The molecule has 0 amide bonds. The van der Waals surface area contributed by atoms with Gasteiger partial charge in [-0.2, -0.15) is 0 Å². The highest BCUT2D eigenvalue weighted by atomic mass is 19.1. The molecule has 5 heteroatoms. The summed E-state index contributed by atoms with van der Waals surface area (Å²) in [6.07, 6.45) is 3.09. The summed E-state index contributed by atoms with van der Waals surface area (Å²) in [5.74, 6) is 0.511. The third-order valence-electron chi connectivity index (χ3n) is 2.38. The molecular formula is C9H14FN3O. The molecule has 1 saturated carbocycles. The van der Waals surface area contributed by atoms with E-state index >= 15 is 0 Å². The molecule has 0 spiro atoms. The summed E-state index contributed by atoms with van der Waals surface area (Å²) >= 11 is 0. The van der Waals surface area contributed by atoms with E-state index in [1.54, 1.807) is 25.0 Å². The lowest BCUT2D eigenvalue weighted by Crippen LogP contribution is -2.15. The van der Waals surface area contributed by atoms with Gasteiger partial charge in [-0.05, 0) is 12.8 Å². The highest BCUT2D eigenvalue weighted by molar-refractivity contribution is 5.51. The normalized spacial score (nSPS) is 17.9. The summed E-state index contributed by atoms with van der Waals surface area (Å²) in [6.45, 7) is 0.342. The number of anilines is 1. The van der Waals surface area contributed by atoms with E-state index in [0.717, 1.165) is 5.69 Å². The fraction of sp³-hybridized carbons (Fsp3) is 0.667. The molecule has 1 aliphatic rings. The number of halogens is 1. The molecule has 1 heterocycles. The zero-order valence-electron chi connectivity index (χ0n) is 8.38. The first-order valence-electron chi connectivity index (χ1n) is 4.63. The fourth-order valence-electron chi connectivity index (χ4n) is 1.31. The average Bonchev–Trinajstić information content (AvgIpc) is 2.76.